The Labute approximate surface area is 55.2 Å². The Bertz CT molecular complexity index is 127. The lowest BCUT2D eigenvalue weighted by atomic mass is 10.1. The molecule has 0 aliphatic carbocycles. The van der Waals surface area contributed by atoms with Crippen molar-refractivity contribution >= 4 is 5.78 Å². The van der Waals surface area contributed by atoms with E-state index in [1.54, 1.807) is 6.92 Å². The highest BCUT2D eigenvalue weighted by molar-refractivity contribution is 5.76. The molecule has 2 heteroatoms. The van der Waals surface area contributed by atoms with Crippen LogP contribution in [0.3, 0.4) is 0 Å². The molecule has 0 bridgehead atoms. The molecule has 0 fully saturated rings. The number of hydrogen-bond donors (Lipinski definition) is 1. The molecule has 1 N–H and O–H groups in total. The highest BCUT2D eigenvalue weighted by atomic mass is 16.3. The highest BCUT2D eigenvalue weighted by Gasteiger charge is 2.05. The van der Waals surface area contributed by atoms with Crippen LogP contribution in [0.1, 0.15) is 20.3 Å². The van der Waals surface area contributed by atoms with Gasteiger partial charge < -0.3 is 5.11 Å². The third kappa shape index (κ3) is 3.91. The molecule has 0 aromatic carbocycles. The third-order valence-electron chi connectivity index (χ3n) is 1.05. The lowest BCUT2D eigenvalue weighted by molar-refractivity contribution is -0.118. The van der Waals surface area contributed by atoms with Gasteiger partial charge in [0.1, 0.15) is 5.78 Å². The van der Waals surface area contributed by atoms with Crippen LogP contribution in [0.4, 0.5) is 0 Å². The Morgan fingerprint density at radius 3 is 2.22 bits per heavy atom. The summed E-state index contributed by atoms with van der Waals surface area (Å²) in [6, 6.07) is 0. The predicted octanol–water partition coefficient (Wildman–Crippen LogP) is 0.902. The first-order valence-electron chi connectivity index (χ1n) is 2.87. The van der Waals surface area contributed by atoms with Crippen LogP contribution in [0.5, 0.6) is 0 Å². The normalized spacial score (nSPS) is 12.8. The Balaban J connectivity index is 3.63. The molecule has 2 nitrogen and oxygen atoms in total. The van der Waals surface area contributed by atoms with Crippen LogP contribution in [-0.4, -0.2) is 17.0 Å². The molecule has 0 aromatic heterocycles. The molecule has 0 spiro atoms. The molecule has 0 heterocycles. The lowest BCUT2D eigenvalue weighted by Crippen LogP contribution is -2.11. The van der Waals surface area contributed by atoms with Crippen molar-refractivity contribution < 1.29 is 9.90 Å². The van der Waals surface area contributed by atoms with Gasteiger partial charge in [-0.2, -0.15) is 0 Å². The van der Waals surface area contributed by atoms with Gasteiger partial charge in [-0.05, 0) is 13.8 Å². The molecular weight excluding hydrogens is 116 g/mol. The molecule has 1 atom stereocenters. The summed E-state index contributed by atoms with van der Waals surface area (Å²) >= 11 is 0. The summed E-state index contributed by atoms with van der Waals surface area (Å²) < 4.78 is 0. The molecule has 0 aromatic rings. The fourth-order valence-electron chi connectivity index (χ4n) is 0.447. The first kappa shape index (κ1) is 8.37. The molecular formula is C7H12O2. The number of rotatable bonds is 3. The first-order chi connectivity index (χ1) is 4.04. The number of Topliss-reactive ketones (excluding diaryl/α,β-unsaturated/α-hetero) is 1. The van der Waals surface area contributed by atoms with E-state index in [0.29, 0.717) is 5.57 Å². The van der Waals surface area contributed by atoms with Gasteiger partial charge in [-0.15, -0.1) is 0 Å². The van der Waals surface area contributed by atoms with Gasteiger partial charge in [0.2, 0.25) is 0 Å². The molecule has 0 radical (unpaired) electrons. The van der Waals surface area contributed by atoms with E-state index >= 15 is 0 Å². The Morgan fingerprint density at radius 2 is 2.11 bits per heavy atom. The van der Waals surface area contributed by atoms with E-state index in [-0.39, 0.29) is 12.2 Å². The van der Waals surface area contributed by atoms with E-state index in [4.69, 9.17) is 5.11 Å². The summed E-state index contributed by atoms with van der Waals surface area (Å²) in [7, 11) is 0. The van der Waals surface area contributed by atoms with Crippen LogP contribution >= 0.6 is 0 Å². The van der Waals surface area contributed by atoms with E-state index in [2.05, 4.69) is 6.58 Å². The van der Waals surface area contributed by atoms with Crippen LogP contribution in [0.15, 0.2) is 12.2 Å². The molecule has 0 saturated carbocycles. The number of ketones is 1. The van der Waals surface area contributed by atoms with Crippen molar-refractivity contribution in [2.24, 2.45) is 0 Å². The smallest absolute Gasteiger partial charge is 0.132 e. The van der Waals surface area contributed by atoms with Crippen molar-refractivity contribution in [2.75, 3.05) is 0 Å². The molecule has 52 valence electrons. The van der Waals surface area contributed by atoms with Crippen molar-refractivity contribution in [1.82, 2.24) is 0 Å². The molecule has 9 heavy (non-hydrogen) atoms. The molecule has 0 unspecified atom stereocenters. The van der Waals surface area contributed by atoms with Crippen molar-refractivity contribution in [3.63, 3.8) is 0 Å². The Hall–Kier alpha value is -0.630. The quantitative estimate of drug-likeness (QED) is 0.573. The zero-order valence-electron chi connectivity index (χ0n) is 5.85. The van der Waals surface area contributed by atoms with Gasteiger partial charge in [0.05, 0.1) is 6.10 Å². The predicted molar refractivity (Wildman–Crippen MR) is 36.1 cm³/mol. The second-order valence-corrected chi connectivity index (χ2v) is 2.27. The minimum atomic E-state index is -0.650. The van der Waals surface area contributed by atoms with E-state index < -0.39 is 6.10 Å². The van der Waals surface area contributed by atoms with Gasteiger partial charge in [0.15, 0.2) is 0 Å². The van der Waals surface area contributed by atoms with Crippen molar-refractivity contribution in [3.05, 3.63) is 12.2 Å². The fraction of sp³-hybridized carbons (Fsp3) is 0.571. The van der Waals surface area contributed by atoms with Gasteiger partial charge in [-0.3, -0.25) is 4.79 Å². The maximum absolute atomic E-state index is 10.4. The molecule has 0 aliphatic heterocycles. The molecule has 0 aliphatic rings. The van der Waals surface area contributed by atoms with E-state index in [1.165, 1.54) is 6.92 Å². The number of aliphatic hydroxyl groups is 1. The molecule has 0 amide bonds. The summed E-state index contributed by atoms with van der Waals surface area (Å²) in [5.41, 5.74) is 0.644. The van der Waals surface area contributed by atoms with Gasteiger partial charge in [-0.1, -0.05) is 12.2 Å². The largest absolute Gasteiger partial charge is 0.388 e. The zero-order valence-corrected chi connectivity index (χ0v) is 5.85. The minimum absolute atomic E-state index is 0.00880. The van der Waals surface area contributed by atoms with E-state index in [0.717, 1.165) is 0 Å². The van der Waals surface area contributed by atoms with Crippen LogP contribution in [0.25, 0.3) is 0 Å². The second kappa shape index (κ2) is 3.41. The maximum atomic E-state index is 10.4. The lowest BCUT2D eigenvalue weighted by Gasteiger charge is -2.05. The monoisotopic (exact) mass is 128 g/mol. The second-order valence-electron chi connectivity index (χ2n) is 2.27. The zero-order chi connectivity index (χ0) is 7.44. The van der Waals surface area contributed by atoms with Gasteiger partial charge in [0, 0.05) is 6.42 Å². The van der Waals surface area contributed by atoms with Crippen LogP contribution in [0, 0.1) is 0 Å². The van der Waals surface area contributed by atoms with E-state index in [1.807, 2.05) is 0 Å². The van der Waals surface area contributed by atoms with Crippen molar-refractivity contribution in [2.45, 2.75) is 26.4 Å². The summed E-state index contributed by atoms with van der Waals surface area (Å²) in [4.78, 5) is 10.4. The van der Waals surface area contributed by atoms with Crippen molar-refractivity contribution in [1.29, 1.82) is 0 Å². The van der Waals surface area contributed by atoms with Crippen LogP contribution in [-0.2, 0) is 4.79 Å². The fourth-order valence-corrected chi connectivity index (χ4v) is 0.447. The standard InChI is InChI=1S/C7H12O2/c1-5(2)7(9)4-6(3)8/h7,9H,1,4H2,2-3H3/t7-/m0/s1. The third-order valence-corrected chi connectivity index (χ3v) is 1.05. The van der Waals surface area contributed by atoms with Crippen LogP contribution in [0.2, 0.25) is 0 Å². The maximum Gasteiger partial charge on any atom is 0.132 e. The molecule has 0 saturated heterocycles. The van der Waals surface area contributed by atoms with Crippen LogP contribution < -0.4 is 0 Å². The average molecular weight is 128 g/mol. The number of carbonyl (C=O) groups excluding carboxylic acids is 1. The highest BCUT2D eigenvalue weighted by Crippen LogP contribution is 2.01. The van der Waals surface area contributed by atoms with E-state index in [9.17, 15) is 4.79 Å². The first-order valence-corrected chi connectivity index (χ1v) is 2.87. The summed E-state index contributed by atoms with van der Waals surface area (Å²) in [5, 5.41) is 8.98. The summed E-state index contributed by atoms with van der Waals surface area (Å²) in [5.74, 6) is -0.00880. The SMILES string of the molecule is C=C(C)[C@@H](O)CC(C)=O. The van der Waals surface area contributed by atoms with Crippen molar-refractivity contribution in [3.8, 4) is 0 Å². The summed E-state index contributed by atoms with van der Waals surface area (Å²) in [6.45, 7) is 6.66. The summed E-state index contributed by atoms with van der Waals surface area (Å²) in [6.07, 6.45) is -0.461. The average Bonchev–Trinajstić information content (AvgIpc) is 1.63. The number of aliphatic hydroxyl groups excluding tert-OH is 1. The topological polar surface area (TPSA) is 37.3 Å². The Morgan fingerprint density at radius 1 is 1.67 bits per heavy atom. The Kier molecular flexibility index (Phi) is 3.17. The van der Waals surface area contributed by atoms with Gasteiger partial charge >= 0.3 is 0 Å². The van der Waals surface area contributed by atoms with Gasteiger partial charge in [0.25, 0.3) is 0 Å². The minimum Gasteiger partial charge on any atom is -0.388 e. The number of carbonyl (C=O) groups is 1. The molecule has 0 rings (SSSR count). The number of hydrogen-bond acceptors (Lipinski definition) is 2. The van der Waals surface area contributed by atoms with Gasteiger partial charge in [-0.25, -0.2) is 0 Å².